The Morgan fingerprint density at radius 2 is 1.68 bits per heavy atom. The molecule has 0 radical (unpaired) electrons. The maximum Gasteiger partial charge on any atom is 0.255 e. The van der Waals surface area contributed by atoms with Gasteiger partial charge in [-0.3, -0.25) is 4.79 Å². The molecular weight excluding hydrogens is 402 g/mol. The van der Waals surface area contributed by atoms with Gasteiger partial charge in [-0.2, -0.15) is 0 Å². The van der Waals surface area contributed by atoms with E-state index in [-0.39, 0.29) is 5.91 Å². The molecule has 25 heavy (non-hydrogen) atoms. The summed E-state index contributed by atoms with van der Waals surface area (Å²) in [7, 11) is 0. The number of aliphatic hydroxyl groups excluding tert-OH is 1. The summed E-state index contributed by atoms with van der Waals surface area (Å²) in [4.78, 5) is 12.5. The van der Waals surface area contributed by atoms with Gasteiger partial charge in [0.25, 0.3) is 5.91 Å². The Morgan fingerprint density at radius 1 is 1.00 bits per heavy atom. The highest BCUT2D eigenvalue weighted by molar-refractivity contribution is 9.10. The van der Waals surface area contributed by atoms with Crippen molar-refractivity contribution in [1.82, 2.24) is 0 Å². The third kappa shape index (κ3) is 4.28. The molecule has 0 saturated carbocycles. The Hall–Kier alpha value is -2.14. The zero-order valence-electron chi connectivity index (χ0n) is 13.1. The number of nitrogens with one attached hydrogen (secondary N) is 1. The van der Waals surface area contributed by atoms with Crippen LogP contribution in [0.25, 0.3) is 0 Å². The van der Waals surface area contributed by atoms with E-state index in [0.29, 0.717) is 21.8 Å². The molecule has 126 valence electrons. The lowest BCUT2D eigenvalue weighted by Gasteiger charge is -2.17. The van der Waals surface area contributed by atoms with E-state index in [2.05, 4.69) is 21.2 Å². The number of carbonyl (C=O) groups excluding carboxylic acids is 1. The number of anilines is 1. The van der Waals surface area contributed by atoms with Crippen LogP contribution in [-0.4, -0.2) is 11.0 Å². The summed E-state index contributed by atoms with van der Waals surface area (Å²) in [5, 5.41) is 14.0. The highest BCUT2D eigenvalue weighted by atomic mass is 79.9. The van der Waals surface area contributed by atoms with Crippen LogP contribution in [0.5, 0.6) is 0 Å². The second-order valence-corrected chi connectivity index (χ2v) is 6.86. The van der Waals surface area contributed by atoms with Crippen molar-refractivity contribution in [3.8, 4) is 0 Å². The molecule has 0 saturated heterocycles. The summed E-state index contributed by atoms with van der Waals surface area (Å²) in [6.07, 6.45) is -0.889. The van der Waals surface area contributed by atoms with Gasteiger partial charge in [0.1, 0.15) is 6.10 Å². The number of amides is 1. The minimum atomic E-state index is -0.889. The number of rotatable bonds is 4. The predicted molar refractivity (Wildman–Crippen MR) is 104 cm³/mol. The fraction of sp³-hybridized carbons (Fsp3) is 0.0500. The molecule has 3 rings (SSSR count). The van der Waals surface area contributed by atoms with Crippen molar-refractivity contribution >= 4 is 39.1 Å². The van der Waals surface area contributed by atoms with E-state index in [9.17, 15) is 9.90 Å². The third-order valence-electron chi connectivity index (χ3n) is 3.78. The van der Waals surface area contributed by atoms with Gasteiger partial charge in [-0.25, -0.2) is 0 Å². The Balaban J connectivity index is 1.91. The van der Waals surface area contributed by atoms with Crippen LogP contribution in [0.1, 0.15) is 27.6 Å². The average Bonchev–Trinajstić information content (AvgIpc) is 2.64. The van der Waals surface area contributed by atoms with Gasteiger partial charge in [-0.1, -0.05) is 57.9 Å². The van der Waals surface area contributed by atoms with Crippen LogP contribution in [0.4, 0.5) is 5.69 Å². The van der Waals surface area contributed by atoms with E-state index in [4.69, 9.17) is 11.6 Å². The van der Waals surface area contributed by atoms with E-state index < -0.39 is 6.10 Å². The minimum Gasteiger partial charge on any atom is -0.384 e. The van der Waals surface area contributed by atoms with Gasteiger partial charge in [0.2, 0.25) is 0 Å². The van der Waals surface area contributed by atoms with Gasteiger partial charge in [0, 0.05) is 26.3 Å². The standard InChI is InChI=1S/C20H15BrClNO2/c21-15-8-6-14(7-9-15)20(25)23-18-11-10-16(22)12-17(18)19(24)13-4-2-1-3-5-13/h1-12,19,24H,(H,23,25)/t19-/m1/s1. The van der Waals surface area contributed by atoms with Crippen LogP contribution in [0.3, 0.4) is 0 Å². The Bertz CT molecular complexity index is 882. The third-order valence-corrected chi connectivity index (χ3v) is 4.54. The summed E-state index contributed by atoms with van der Waals surface area (Å²) >= 11 is 9.44. The molecule has 0 spiro atoms. The van der Waals surface area contributed by atoms with Crippen LogP contribution in [0, 0.1) is 0 Å². The van der Waals surface area contributed by atoms with Gasteiger partial charge in [-0.05, 0) is 48.0 Å². The zero-order valence-corrected chi connectivity index (χ0v) is 15.5. The monoisotopic (exact) mass is 415 g/mol. The van der Waals surface area contributed by atoms with Crippen molar-refractivity contribution in [3.63, 3.8) is 0 Å². The van der Waals surface area contributed by atoms with Gasteiger partial charge < -0.3 is 10.4 Å². The molecule has 0 unspecified atom stereocenters. The van der Waals surface area contributed by atoms with Gasteiger partial charge in [-0.15, -0.1) is 0 Å². The molecule has 0 heterocycles. The molecule has 3 aromatic carbocycles. The van der Waals surface area contributed by atoms with Crippen molar-refractivity contribution in [2.24, 2.45) is 0 Å². The lowest BCUT2D eigenvalue weighted by Crippen LogP contribution is -2.14. The molecule has 0 bridgehead atoms. The number of hydrogen-bond acceptors (Lipinski definition) is 2. The second-order valence-electron chi connectivity index (χ2n) is 5.51. The van der Waals surface area contributed by atoms with Crippen LogP contribution < -0.4 is 5.32 Å². The van der Waals surface area contributed by atoms with Gasteiger partial charge in [0.05, 0.1) is 0 Å². The first-order valence-corrected chi connectivity index (χ1v) is 8.81. The predicted octanol–water partition coefficient (Wildman–Crippen LogP) is 5.44. The first-order valence-electron chi connectivity index (χ1n) is 7.64. The van der Waals surface area contributed by atoms with Crippen molar-refractivity contribution in [3.05, 3.63) is 99.0 Å². The van der Waals surface area contributed by atoms with Crippen LogP contribution in [0.15, 0.2) is 77.3 Å². The summed E-state index contributed by atoms with van der Waals surface area (Å²) < 4.78 is 0.899. The molecule has 3 nitrogen and oxygen atoms in total. The number of benzene rings is 3. The van der Waals surface area contributed by atoms with Gasteiger partial charge in [0.15, 0.2) is 0 Å². The fourth-order valence-corrected chi connectivity index (χ4v) is 2.93. The number of hydrogen-bond donors (Lipinski definition) is 2. The minimum absolute atomic E-state index is 0.253. The van der Waals surface area contributed by atoms with Crippen LogP contribution in [0.2, 0.25) is 5.02 Å². The normalized spacial score (nSPS) is 11.8. The average molecular weight is 417 g/mol. The Kier molecular flexibility index (Phi) is 5.53. The van der Waals surface area contributed by atoms with Crippen molar-refractivity contribution < 1.29 is 9.90 Å². The van der Waals surface area contributed by atoms with E-state index in [1.54, 1.807) is 42.5 Å². The molecule has 0 aliphatic rings. The van der Waals surface area contributed by atoms with Gasteiger partial charge >= 0.3 is 0 Å². The first kappa shape index (κ1) is 17.7. The van der Waals surface area contributed by atoms with Crippen LogP contribution in [-0.2, 0) is 0 Å². The SMILES string of the molecule is O=C(Nc1ccc(Cl)cc1[C@H](O)c1ccccc1)c1ccc(Br)cc1. The van der Waals surface area contributed by atoms with Crippen molar-refractivity contribution in [2.45, 2.75) is 6.10 Å². The maximum atomic E-state index is 12.5. The van der Waals surface area contributed by atoms with E-state index in [1.165, 1.54) is 0 Å². The second kappa shape index (κ2) is 7.83. The number of aliphatic hydroxyl groups is 1. The molecular formula is C20H15BrClNO2. The smallest absolute Gasteiger partial charge is 0.255 e. The number of halogens is 2. The summed E-state index contributed by atoms with van der Waals surface area (Å²) in [5.41, 5.74) is 2.32. The molecule has 3 aromatic rings. The first-order chi connectivity index (χ1) is 12.0. The maximum absolute atomic E-state index is 12.5. The number of carbonyl (C=O) groups is 1. The molecule has 0 aliphatic carbocycles. The summed E-state index contributed by atoms with van der Waals surface area (Å²) in [6.45, 7) is 0. The summed E-state index contributed by atoms with van der Waals surface area (Å²) in [6, 6.07) is 21.3. The van der Waals surface area contributed by atoms with E-state index in [0.717, 1.165) is 10.0 Å². The molecule has 0 fully saturated rings. The molecule has 1 amide bonds. The Morgan fingerprint density at radius 3 is 2.36 bits per heavy atom. The quantitative estimate of drug-likeness (QED) is 0.595. The Labute approximate surface area is 159 Å². The fourth-order valence-electron chi connectivity index (χ4n) is 2.48. The molecule has 2 N–H and O–H groups in total. The highest BCUT2D eigenvalue weighted by Gasteiger charge is 2.17. The summed E-state index contributed by atoms with van der Waals surface area (Å²) in [5.74, 6) is -0.253. The highest BCUT2D eigenvalue weighted by Crippen LogP contribution is 2.31. The largest absolute Gasteiger partial charge is 0.384 e. The van der Waals surface area contributed by atoms with Crippen molar-refractivity contribution in [2.75, 3.05) is 5.32 Å². The van der Waals surface area contributed by atoms with Crippen LogP contribution >= 0.6 is 27.5 Å². The lowest BCUT2D eigenvalue weighted by molar-refractivity contribution is 0.102. The lowest BCUT2D eigenvalue weighted by atomic mass is 9.99. The van der Waals surface area contributed by atoms with E-state index >= 15 is 0 Å². The molecule has 1 atom stereocenters. The molecule has 0 aromatic heterocycles. The van der Waals surface area contributed by atoms with E-state index in [1.807, 2.05) is 30.3 Å². The molecule has 5 heteroatoms. The zero-order chi connectivity index (χ0) is 17.8. The topological polar surface area (TPSA) is 49.3 Å². The molecule has 0 aliphatic heterocycles. The van der Waals surface area contributed by atoms with Crippen molar-refractivity contribution in [1.29, 1.82) is 0 Å².